The first-order valence-corrected chi connectivity index (χ1v) is 6.53. The SMILES string of the molecule is O=C(Nc1cc(Cl)ccc1O)c1ccc2cccnc2n1. The Morgan fingerprint density at radius 3 is 2.90 bits per heavy atom. The fraction of sp³-hybridized carbons (Fsp3) is 0. The molecule has 0 atom stereocenters. The van der Waals surface area contributed by atoms with Crippen LogP contribution in [0.2, 0.25) is 5.02 Å². The molecule has 3 aromatic rings. The smallest absolute Gasteiger partial charge is 0.274 e. The van der Waals surface area contributed by atoms with Crippen molar-refractivity contribution in [1.29, 1.82) is 0 Å². The monoisotopic (exact) mass is 299 g/mol. The van der Waals surface area contributed by atoms with E-state index in [1.165, 1.54) is 18.2 Å². The van der Waals surface area contributed by atoms with Gasteiger partial charge in [0, 0.05) is 16.6 Å². The Bertz CT molecular complexity index is 836. The molecule has 3 rings (SSSR count). The summed E-state index contributed by atoms with van der Waals surface area (Å²) in [6.07, 6.45) is 1.61. The molecule has 1 aromatic carbocycles. The number of aromatic nitrogens is 2. The first-order valence-electron chi connectivity index (χ1n) is 6.15. The van der Waals surface area contributed by atoms with Crippen molar-refractivity contribution in [2.75, 3.05) is 5.32 Å². The van der Waals surface area contributed by atoms with E-state index in [4.69, 9.17) is 11.6 Å². The third-order valence-electron chi connectivity index (χ3n) is 2.90. The lowest BCUT2D eigenvalue weighted by molar-refractivity contribution is 0.102. The first-order chi connectivity index (χ1) is 10.1. The van der Waals surface area contributed by atoms with Crippen LogP contribution in [0.3, 0.4) is 0 Å². The van der Waals surface area contributed by atoms with Crippen LogP contribution < -0.4 is 5.32 Å². The predicted octanol–water partition coefficient (Wildman–Crippen LogP) is 3.24. The second-order valence-electron chi connectivity index (χ2n) is 4.36. The highest BCUT2D eigenvalue weighted by Crippen LogP contribution is 2.26. The van der Waals surface area contributed by atoms with Crippen LogP contribution in [0.1, 0.15) is 10.5 Å². The van der Waals surface area contributed by atoms with Crippen molar-refractivity contribution in [2.45, 2.75) is 0 Å². The van der Waals surface area contributed by atoms with E-state index in [0.29, 0.717) is 10.7 Å². The van der Waals surface area contributed by atoms with E-state index in [1.807, 2.05) is 6.07 Å². The maximum atomic E-state index is 12.2. The van der Waals surface area contributed by atoms with E-state index in [1.54, 1.807) is 24.4 Å². The molecule has 0 spiro atoms. The summed E-state index contributed by atoms with van der Waals surface area (Å²) in [5.74, 6) is -0.508. The molecule has 0 aliphatic heterocycles. The number of halogens is 1. The number of aromatic hydroxyl groups is 1. The second-order valence-corrected chi connectivity index (χ2v) is 4.80. The number of benzene rings is 1. The highest BCUT2D eigenvalue weighted by Gasteiger charge is 2.11. The van der Waals surface area contributed by atoms with Gasteiger partial charge in [-0.05, 0) is 42.5 Å². The fourth-order valence-corrected chi connectivity index (χ4v) is 2.05. The minimum Gasteiger partial charge on any atom is -0.506 e. The van der Waals surface area contributed by atoms with Gasteiger partial charge >= 0.3 is 0 Å². The van der Waals surface area contributed by atoms with Crippen molar-refractivity contribution >= 4 is 34.2 Å². The molecule has 2 aromatic heterocycles. The van der Waals surface area contributed by atoms with E-state index in [0.717, 1.165) is 5.39 Å². The lowest BCUT2D eigenvalue weighted by Crippen LogP contribution is -2.13. The van der Waals surface area contributed by atoms with Gasteiger partial charge < -0.3 is 10.4 Å². The van der Waals surface area contributed by atoms with Gasteiger partial charge in [-0.3, -0.25) is 4.79 Å². The molecule has 0 fully saturated rings. The van der Waals surface area contributed by atoms with Crippen LogP contribution in [0.15, 0.2) is 48.7 Å². The van der Waals surface area contributed by atoms with Crippen molar-refractivity contribution in [3.63, 3.8) is 0 Å². The number of amides is 1. The van der Waals surface area contributed by atoms with E-state index in [2.05, 4.69) is 15.3 Å². The van der Waals surface area contributed by atoms with Gasteiger partial charge in [-0.2, -0.15) is 0 Å². The van der Waals surface area contributed by atoms with Gasteiger partial charge in [-0.25, -0.2) is 9.97 Å². The molecule has 2 N–H and O–H groups in total. The van der Waals surface area contributed by atoms with Gasteiger partial charge in [-0.15, -0.1) is 0 Å². The Balaban J connectivity index is 1.91. The average molecular weight is 300 g/mol. The van der Waals surface area contributed by atoms with Crippen molar-refractivity contribution in [3.05, 3.63) is 59.4 Å². The lowest BCUT2D eigenvalue weighted by atomic mass is 10.2. The number of fused-ring (bicyclic) bond motifs is 1. The third-order valence-corrected chi connectivity index (χ3v) is 3.14. The summed E-state index contributed by atoms with van der Waals surface area (Å²) in [4.78, 5) is 20.5. The zero-order chi connectivity index (χ0) is 14.8. The molecular formula is C15H10ClN3O2. The number of hydrogen-bond acceptors (Lipinski definition) is 4. The second kappa shape index (κ2) is 5.38. The zero-order valence-corrected chi connectivity index (χ0v) is 11.5. The topological polar surface area (TPSA) is 75.1 Å². The molecule has 0 aliphatic carbocycles. The molecule has 6 heteroatoms. The number of nitrogens with zero attached hydrogens (tertiary/aromatic N) is 2. The van der Waals surface area contributed by atoms with Crippen LogP contribution in [0, 0.1) is 0 Å². The van der Waals surface area contributed by atoms with Gasteiger partial charge in [0.1, 0.15) is 11.4 Å². The average Bonchev–Trinajstić information content (AvgIpc) is 2.50. The molecule has 0 saturated carbocycles. The highest BCUT2D eigenvalue weighted by molar-refractivity contribution is 6.31. The molecule has 0 radical (unpaired) electrons. The van der Waals surface area contributed by atoms with E-state index in [-0.39, 0.29) is 17.1 Å². The van der Waals surface area contributed by atoms with Crippen LogP contribution in [-0.4, -0.2) is 21.0 Å². The lowest BCUT2D eigenvalue weighted by Gasteiger charge is -2.07. The van der Waals surface area contributed by atoms with Gasteiger partial charge in [0.25, 0.3) is 5.91 Å². The third kappa shape index (κ3) is 2.78. The fourth-order valence-electron chi connectivity index (χ4n) is 1.87. The van der Waals surface area contributed by atoms with Crippen LogP contribution in [-0.2, 0) is 0 Å². The molecule has 2 heterocycles. The number of hydrogen-bond donors (Lipinski definition) is 2. The largest absolute Gasteiger partial charge is 0.506 e. The number of phenolic OH excluding ortho intramolecular Hbond substituents is 1. The summed E-state index contributed by atoms with van der Waals surface area (Å²) in [6.45, 7) is 0. The summed E-state index contributed by atoms with van der Waals surface area (Å²) in [7, 11) is 0. The van der Waals surface area contributed by atoms with Crippen LogP contribution >= 0.6 is 11.6 Å². The zero-order valence-electron chi connectivity index (χ0n) is 10.7. The van der Waals surface area contributed by atoms with Gasteiger partial charge in [-0.1, -0.05) is 11.6 Å². The molecule has 21 heavy (non-hydrogen) atoms. The van der Waals surface area contributed by atoms with Crippen molar-refractivity contribution in [1.82, 2.24) is 9.97 Å². The summed E-state index contributed by atoms with van der Waals surface area (Å²) < 4.78 is 0. The quantitative estimate of drug-likeness (QED) is 0.712. The molecular weight excluding hydrogens is 290 g/mol. The standard InChI is InChI=1S/C15H10ClN3O2/c16-10-4-6-13(20)12(8-10)19-15(21)11-5-3-9-2-1-7-17-14(9)18-11/h1-8,20H,(H,19,21). The first kappa shape index (κ1) is 13.3. The van der Waals surface area contributed by atoms with Crippen LogP contribution in [0.25, 0.3) is 11.0 Å². The maximum Gasteiger partial charge on any atom is 0.274 e. The Labute approximate surface area is 125 Å². The maximum absolute atomic E-state index is 12.2. The van der Waals surface area contributed by atoms with Gasteiger partial charge in [0.05, 0.1) is 5.69 Å². The number of carbonyl (C=O) groups is 1. The molecule has 104 valence electrons. The molecule has 1 amide bonds. The Morgan fingerprint density at radius 1 is 1.19 bits per heavy atom. The van der Waals surface area contributed by atoms with Crippen molar-refractivity contribution in [2.24, 2.45) is 0 Å². The van der Waals surface area contributed by atoms with E-state index >= 15 is 0 Å². The molecule has 0 bridgehead atoms. The van der Waals surface area contributed by atoms with E-state index in [9.17, 15) is 9.90 Å². The normalized spacial score (nSPS) is 10.5. The van der Waals surface area contributed by atoms with Gasteiger partial charge in [0.2, 0.25) is 0 Å². The Kier molecular flexibility index (Phi) is 3.41. The Hall–Kier alpha value is -2.66. The molecule has 0 saturated heterocycles. The Morgan fingerprint density at radius 2 is 2.05 bits per heavy atom. The highest BCUT2D eigenvalue weighted by atomic mass is 35.5. The minimum atomic E-state index is -0.444. The van der Waals surface area contributed by atoms with Crippen molar-refractivity contribution < 1.29 is 9.90 Å². The number of phenols is 1. The number of pyridine rings is 2. The number of carbonyl (C=O) groups excluding carboxylic acids is 1. The number of anilines is 1. The minimum absolute atomic E-state index is 0.0633. The van der Waals surface area contributed by atoms with E-state index < -0.39 is 5.91 Å². The van der Waals surface area contributed by atoms with Crippen LogP contribution in [0.5, 0.6) is 5.75 Å². The summed E-state index contributed by atoms with van der Waals surface area (Å²) in [6, 6.07) is 11.4. The van der Waals surface area contributed by atoms with Crippen molar-refractivity contribution in [3.8, 4) is 5.75 Å². The summed E-state index contributed by atoms with van der Waals surface area (Å²) >= 11 is 5.84. The number of nitrogens with one attached hydrogen (secondary N) is 1. The molecule has 0 aliphatic rings. The van der Waals surface area contributed by atoms with Crippen LogP contribution in [0.4, 0.5) is 5.69 Å². The summed E-state index contributed by atoms with van der Waals surface area (Å²) in [5.41, 5.74) is 0.927. The molecule has 0 unspecified atom stereocenters. The van der Waals surface area contributed by atoms with Gasteiger partial charge in [0.15, 0.2) is 5.65 Å². The molecule has 5 nitrogen and oxygen atoms in total. The number of rotatable bonds is 2. The predicted molar refractivity (Wildman–Crippen MR) is 80.6 cm³/mol. The summed E-state index contributed by atoms with van der Waals surface area (Å²) in [5, 5.41) is 13.5.